The van der Waals surface area contributed by atoms with Gasteiger partial charge in [0.15, 0.2) is 5.58 Å². The Morgan fingerprint density at radius 1 is 1.31 bits per heavy atom. The molecule has 0 unspecified atom stereocenters. The maximum atomic E-state index is 5.56. The quantitative estimate of drug-likeness (QED) is 0.724. The molecule has 1 aromatic carbocycles. The van der Waals surface area contributed by atoms with Crippen LogP contribution in [0.4, 0.5) is 0 Å². The summed E-state index contributed by atoms with van der Waals surface area (Å²) < 4.78 is 11.1. The Balaban J connectivity index is 1.74. The van der Waals surface area contributed by atoms with Crippen molar-refractivity contribution >= 4 is 11.1 Å². The first kappa shape index (κ1) is 9.09. The van der Waals surface area contributed by atoms with Crippen molar-refractivity contribution in [3.05, 3.63) is 54.4 Å². The molecule has 0 spiro atoms. The summed E-state index contributed by atoms with van der Waals surface area (Å²) in [6, 6.07) is 14.3. The molecule has 0 aliphatic heterocycles. The van der Waals surface area contributed by atoms with E-state index in [0.717, 1.165) is 22.6 Å². The number of hydrogen-bond donors (Lipinski definition) is 1. The number of fused-ring (bicyclic) bond motifs is 1. The number of para-hydroxylation sites is 1. The zero-order valence-electron chi connectivity index (χ0n) is 8.57. The summed E-state index contributed by atoms with van der Waals surface area (Å²) in [5, 5.41) is 0. The third kappa shape index (κ3) is 1.67. The Morgan fingerprint density at radius 3 is 3.12 bits per heavy atom. The molecule has 3 heteroatoms. The van der Waals surface area contributed by atoms with Gasteiger partial charge in [0.25, 0.3) is 0 Å². The Kier molecular flexibility index (Phi) is 2.14. The molecule has 16 heavy (non-hydrogen) atoms. The van der Waals surface area contributed by atoms with Crippen molar-refractivity contribution in [3.63, 3.8) is 0 Å². The maximum absolute atomic E-state index is 5.56. The summed E-state index contributed by atoms with van der Waals surface area (Å²) in [7, 11) is 0. The molecule has 2 heterocycles. The van der Waals surface area contributed by atoms with Crippen LogP contribution in [0.25, 0.3) is 11.1 Å². The minimum Gasteiger partial charge on any atom is -0.485 e. The van der Waals surface area contributed by atoms with Crippen LogP contribution in [0.1, 0.15) is 5.76 Å². The molecule has 0 saturated heterocycles. The fraction of sp³-hybridized carbons (Fsp3) is 0.0769. The molecule has 0 aliphatic rings. The van der Waals surface area contributed by atoms with E-state index in [9.17, 15) is 0 Å². The average molecular weight is 212 g/mol. The molecule has 2 aromatic heterocycles. The monoisotopic (exact) mass is 212 g/mol. The highest BCUT2D eigenvalue weighted by atomic mass is 16.5. The van der Waals surface area contributed by atoms with Crippen LogP contribution in [0.3, 0.4) is 0 Å². The Morgan fingerprint density at radius 2 is 2.31 bits per heavy atom. The van der Waals surface area contributed by atoms with Crippen molar-refractivity contribution in [2.75, 3.05) is 0 Å². The predicted molar refractivity (Wildman–Crippen MR) is 60.2 cm³/mol. The standard InChI is InChI=1S/C13H10NO2/c1-2-4-10(5-3-1)15-9-11-8-12-13(16-11)6-7-14-12/h1-4,6-8,14H,9H2. The molecule has 3 nitrogen and oxygen atoms in total. The zero-order chi connectivity index (χ0) is 10.8. The van der Waals surface area contributed by atoms with Gasteiger partial charge in [-0.05, 0) is 12.1 Å². The largest absolute Gasteiger partial charge is 0.485 e. The van der Waals surface area contributed by atoms with Gasteiger partial charge in [0, 0.05) is 18.3 Å². The number of rotatable bonds is 3. The lowest BCUT2D eigenvalue weighted by Crippen LogP contribution is -1.93. The lowest BCUT2D eigenvalue weighted by Gasteiger charge is -2.01. The second kappa shape index (κ2) is 3.77. The molecule has 1 N–H and O–H groups in total. The Labute approximate surface area is 92.7 Å². The number of furan rings is 1. The average Bonchev–Trinajstić information content (AvgIpc) is 2.88. The van der Waals surface area contributed by atoms with Gasteiger partial charge in [-0.1, -0.05) is 18.2 Å². The van der Waals surface area contributed by atoms with Gasteiger partial charge in [0.05, 0.1) is 5.52 Å². The number of aromatic amines is 1. The maximum Gasteiger partial charge on any atom is 0.152 e. The molecule has 0 aliphatic carbocycles. The highest BCUT2D eigenvalue weighted by molar-refractivity contribution is 5.73. The third-order valence-corrected chi connectivity index (χ3v) is 2.34. The third-order valence-electron chi connectivity index (χ3n) is 2.34. The van der Waals surface area contributed by atoms with E-state index in [4.69, 9.17) is 9.15 Å². The Bertz CT molecular complexity index is 552. The number of H-pyrrole nitrogens is 1. The zero-order valence-corrected chi connectivity index (χ0v) is 8.57. The summed E-state index contributed by atoms with van der Waals surface area (Å²) >= 11 is 0. The molecule has 0 saturated carbocycles. The van der Waals surface area contributed by atoms with Crippen LogP contribution in [0, 0.1) is 6.07 Å². The van der Waals surface area contributed by atoms with E-state index < -0.39 is 0 Å². The number of hydrogen-bond acceptors (Lipinski definition) is 2. The van der Waals surface area contributed by atoms with E-state index in [0.29, 0.717) is 6.61 Å². The lowest BCUT2D eigenvalue weighted by molar-refractivity contribution is 0.274. The lowest BCUT2D eigenvalue weighted by atomic mass is 10.3. The molecule has 0 bridgehead atoms. The molecule has 0 fully saturated rings. The topological polar surface area (TPSA) is 38.2 Å². The van der Waals surface area contributed by atoms with Gasteiger partial charge in [0.2, 0.25) is 0 Å². The normalized spacial score (nSPS) is 10.8. The first-order valence-corrected chi connectivity index (χ1v) is 5.07. The summed E-state index contributed by atoms with van der Waals surface area (Å²) in [6.45, 7) is 0.420. The molecule has 3 aromatic rings. The van der Waals surface area contributed by atoms with E-state index >= 15 is 0 Å². The molecule has 0 amide bonds. The fourth-order valence-electron chi connectivity index (χ4n) is 1.59. The van der Waals surface area contributed by atoms with Crippen molar-refractivity contribution in [2.24, 2.45) is 0 Å². The van der Waals surface area contributed by atoms with Crippen LogP contribution in [-0.2, 0) is 6.61 Å². The summed E-state index contributed by atoms with van der Waals surface area (Å²) in [5.41, 5.74) is 1.85. The van der Waals surface area contributed by atoms with Crippen molar-refractivity contribution in [3.8, 4) is 5.75 Å². The van der Waals surface area contributed by atoms with Gasteiger partial charge in [-0.2, -0.15) is 0 Å². The van der Waals surface area contributed by atoms with Gasteiger partial charge in [-0.15, -0.1) is 0 Å². The highest BCUT2D eigenvalue weighted by Crippen LogP contribution is 2.19. The van der Waals surface area contributed by atoms with E-state index in [1.165, 1.54) is 0 Å². The minimum atomic E-state index is 0.420. The SMILES string of the molecule is [c]1ccccc1OCc1cc2[nH]ccc2o1. The van der Waals surface area contributed by atoms with Crippen LogP contribution >= 0.6 is 0 Å². The van der Waals surface area contributed by atoms with Crippen molar-refractivity contribution in [1.82, 2.24) is 4.98 Å². The smallest absolute Gasteiger partial charge is 0.152 e. The molecule has 79 valence electrons. The molecule has 3 rings (SSSR count). The van der Waals surface area contributed by atoms with Crippen LogP contribution < -0.4 is 4.74 Å². The molecule has 0 atom stereocenters. The second-order valence-electron chi connectivity index (χ2n) is 3.48. The first-order chi connectivity index (χ1) is 7.92. The number of benzene rings is 1. The van der Waals surface area contributed by atoms with Crippen molar-refractivity contribution in [2.45, 2.75) is 6.61 Å². The summed E-state index contributed by atoms with van der Waals surface area (Å²) in [5.74, 6) is 1.53. The van der Waals surface area contributed by atoms with Crippen LogP contribution in [0.5, 0.6) is 5.75 Å². The van der Waals surface area contributed by atoms with E-state index in [2.05, 4.69) is 11.1 Å². The van der Waals surface area contributed by atoms with E-state index in [-0.39, 0.29) is 0 Å². The summed E-state index contributed by atoms with van der Waals surface area (Å²) in [6.07, 6.45) is 1.85. The highest BCUT2D eigenvalue weighted by Gasteiger charge is 2.04. The predicted octanol–water partition coefficient (Wildman–Crippen LogP) is 3.14. The van der Waals surface area contributed by atoms with Crippen molar-refractivity contribution in [1.29, 1.82) is 0 Å². The van der Waals surface area contributed by atoms with Crippen LogP contribution in [-0.4, -0.2) is 4.98 Å². The van der Waals surface area contributed by atoms with Gasteiger partial charge in [-0.3, -0.25) is 0 Å². The van der Waals surface area contributed by atoms with Crippen LogP contribution in [0.15, 0.2) is 47.0 Å². The first-order valence-electron chi connectivity index (χ1n) is 5.07. The van der Waals surface area contributed by atoms with E-state index in [1.807, 2.05) is 42.6 Å². The van der Waals surface area contributed by atoms with Gasteiger partial charge < -0.3 is 14.1 Å². The molecular weight excluding hydrogens is 202 g/mol. The van der Waals surface area contributed by atoms with E-state index in [1.54, 1.807) is 0 Å². The fourth-order valence-corrected chi connectivity index (χ4v) is 1.59. The Hall–Kier alpha value is -2.16. The number of ether oxygens (including phenoxy) is 1. The minimum absolute atomic E-state index is 0.420. The van der Waals surface area contributed by atoms with Gasteiger partial charge in [0.1, 0.15) is 18.1 Å². The number of aromatic nitrogens is 1. The van der Waals surface area contributed by atoms with Gasteiger partial charge >= 0.3 is 0 Å². The van der Waals surface area contributed by atoms with Crippen LogP contribution in [0.2, 0.25) is 0 Å². The van der Waals surface area contributed by atoms with Gasteiger partial charge in [-0.25, -0.2) is 0 Å². The second-order valence-corrected chi connectivity index (χ2v) is 3.48. The van der Waals surface area contributed by atoms with Crippen molar-refractivity contribution < 1.29 is 9.15 Å². The molecule has 1 radical (unpaired) electrons. The molecular formula is C13H10NO2. The summed E-state index contributed by atoms with van der Waals surface area (Å²) in [4.78, 5) is 3.08. The number of nitrogens with one attached hydrogen (secondary N) is 1.